The fourth-order valence-corrected chi connectivity index (χ4v) is 3.98. The number of piperidine rings is 1. The minimum Gasteiger partial charge on any atom is -0.312 e. The molecule has 0 amide bonds. The Morgan fingerprint density at radius 2 is 1.89 bits per heavy atom. The van der Waals surface area contributed by atoms with Crippen molar-refractivity contribution >= 4 is 0 Å². The second-order valence-corrected chi connectivity index (χ2v) is 6.97. The highest BCUT2D eigenvalue weighted by molar-refractivity contribution is 4.83. The van der Waals surface area contributed by atoms with Crippen molar-refractivity contribution in [2.45, 2.75) is 71.3 Å². The fourth-order valence-electron chi connectivity index (χ4n) is 3.98. The molecule has 1 heterocycles. The summed E-state index contributed by atoms with van der Waals surface area (Å²) < 4.78 is 0. The van der Waals surface area contributed by atoms with Crippen molar-refractivity contribution in [3.05, 3.63) is 0 Å². The van der Waals surface area contributed by atoms with Crippen molar-refractivity contribution in [3.63, 3.8) is 0 Å². The van der Waals surface area contributed by atoms with Gasteiger partial charge < -0.3 is 10.2 Å². The average Bonchev–Trinajstić information content (AvgIpc) is 2.44. The van der Waals surface area contributed by atoms with Crippen LogP contribution >= 0.6 is 0 Å². The second-order valence-electron chi connectivity index (χ2n) is 6.97. The molecule has 1 aliphatic carbocycles. The second kappa shape index (κ2) is 8.26. The van der Waals surface area contributed by atoms with Crippen LogP contribution in [0.15, 0.2) is 0 Å². The van der Waals surface area contributed by atoms with Crippen LogP contribution in [-0.4, -0.2) is 37.1 Å². The normalized spacial score (nSPS) is 28.4. The monoisotopic (exact) mass is 266 g/mol. The van der Waals surface area contributed by atoms with Crippen LogP contribution in [0.4, 0.5) is 0 Å². The summed E-state index contributed by atoms with van der Waals surface area (Å²) in [5.74, 6) is 1.85. The molecule has 0 spiro atoms. The van der Waals surface area contributed by atoms with Gasteiger partial charge in [0.2, 0.25) is 0 Å². The topological polar surface area (TPSA) is 15.3 Å². The first-order chi connectivity index (χ1) is 9.29. The highest BCUT2D eigenvalue weighted by atomic mass is 15.2. The highest BCUT2D eigenvalue weighted by Crippen LogP contribution is 2.27. The van der Waals surface area contributed by atoms with Gasteiger partial charge in [0.05, 0.1) is 0 Å². The van der Waals surface area contributed by atoms with E-state index in [0.717, 1.165) is 17.9 Å². The Morgan fingerprint density at radius 3 is 2.58 bits per heavy atom. The maximum absolute atomic E-state index is 3.86. The maximum atomic E-state index is 3.86. The predicted octanol–water partition coefficient (Wildman–Crippen LogP) is 3.67. The summed E-state index contributed by atoms with van der Waals surface area (Å²) >= 11 is 0. The zero-order chi connectivity index (χ0) is 13.5. The van der Waals surface area contributed by atoms with Crippen LogP contribution in [0.5, 0.6) is 0 Å². The molecule has 2 heteroatoms. The minimum absolute atomic E-state index is 0.755. The Hall–Kier alpha value is -0.0800. The molecule has 0 bridgehead atoms. The molecule has 0 aromatic carbocycles. The third-order valence-electron chi connectivity index (χ3n) is 5.07. The van der Waals surface area contributed by atoms with Crippen LogP contribution in [0.3, 0.4) is 0 Å². The van der Waals surface area contributed by atoms with Crippen LogP contribution in [0.1, 0.15) is 65.2 Å². The van der Waals surface area contributed by atoms with Crippen molar-refractivity contribution in [2.75, 3.05) is 26.2 Å². The van der Waals surface area contributed by atoms with Crippen molar-refractivity contribution in [2.24, 2.45) is 11.8 Å². The van der Waals surface area contributed by atoms with Gasteiger partial charge in [-0.2, -0.15) is 0 Å². The van der Waals surface area contributed by atoms with Crippen LogP contribution in [-0.2, 0) is 0 Å². The quantitative estimate of drug-likeness (QED) is 0.789. The first-order valence-corrected chi connectivity index (χ1v) is 8.75. The smallest absolute Gasteiger partial charge is 0.0223 e. The summed E-state index contributed by atoms with van der Waals surface area (Å²) in [5.41, 5.74) is 0. The van der Waals surface area contributed by atoms with Crippen LogP contribution in [0.25, 0.3) is 0 Å². The number of nitrogens with zero attached hydrogens (tertiary/aromatic N) is 1. The van der Waals surface area contributed by atoms with Crippen LogP contribution < -0.4 is 5.32 Å². The molecule has 112 valence electrons. The molecule has 1 aliphatic heterocycles. The number of hydrogen-bond donors (Lipinski definition) is 1. The van der Waals surface area contributed by atoms with Crippen molar-refractivity contribution in [1.82, 2.24) is 10.2 Å². The molecule has 0 aromatic rings. The largest absolute Gasteiger partial charge is 0.312 e. The average molecular weight is 266 g/mol. The van der Waals surface area contributed by atoms with Gasteiger partial charge in [-0.05, 0) is 57.0 Å². The third kappa shape index (κ3) is 5.07. The van der Waals surface area contributed by atoms with E-state index in [1.165, 1.54) is 77.5 Å². The molecular weight excluding hydrogens is 232 g/mol. The van der Waals surface area contributed by atoms with Gasteiger partial charge in [-0.25, -0.2) is 0 Å². The van der Waals surface area contributed by atoms with Crippen LogP contribution in [0.2, 0.25) is 0 Å². The standard InChI is InChI=1S/C17H34N2/c1-3-11-18-17(16-9-5-4-6-10-16)14-19-12-7-8-15(2)13-19/h15-18H,3-14H2,1-2H3. The van der Waals surface area contributed by atoms with Crippen LogP contribution in [0, 0.1) is 11.8 Å². The number of nitrogens with one attached hydrogen (secondary N) is 1. The molecule has 2 atom stereocenters. The van der Waals surface area contributed by atoms with E-state index in [0.29, 0.717) is 0 Å². The zero-order valence-corrected chi connectivity index (χ0v) is 13.2. The summed E-state index contributed by atoms with van der Waals surface area (Å²) in [7, 11) is 0. The van der Waals surface area contributed by atoms with E-state index in [1.54, 1.807) is 0 Å². The number of hydrogen-bond acceptors (Lipinski definition) is 2. The fraction of sp³-hybridized carbons (Fsp3) is 1.00. The van der Waals surface area contributed by atoms with Gasteiger partial charge in [0.25, 0.3) is 0 Å². The molecule has 2 nitrogen and oxygen atoms in total. The van der Waals surface area contributed by atoms with Gasteiger partial charge in [-0.15, -0.1) is 0 Å². The summed E-state index contributed by atoms with van der Waals surface area (Å²) in [6.07, 6.45) is 11.4. The molecule has 19 heavy (non-hydrogen) atoms. The third-order valence-corrected chi connectivity index (χ3v) is 5.07. The lowest BCUT2D eigenvalue weighted by Gasteiger charge is -2.38. The summed E-state index contributed by atoms with van der Waals surface area (Å²) in [6, 6.07) is 0.755. The van der Waals surface area contributed by atoms with E-state index in [-0.39, 0.29) is 0 Å². The van der Waals surface area contributed by atoms with E-state index in [2.05, 4.69) is 24.1 Å². The molecule has 2 fully saturated rings. The van der Waals surface area contributed by atoms with Gasteiger partial charge in [-0.1, -0.05) is 33.1 Å². The van der Waals surface area contributed by atoms with E-state index < -0.39 is 0 Å². The molecule has 1 N–H and O–H groups in total. The minimum atomic E-state index is 0.755. The Balaban J connectivity index is 1.84. The van der Waals surface area contributed by atoms with Gasteiger partial charge in [0.15, 0.2) is 0 Å². The number of rotatable bonds is 6. The zero-order valence-electron chi connectivity index (χ0n) is 13.2. The Morgan fingerprint density at radius 1 is 1.11 bits per heavy atom. The summed E-state index contributed by atoms with van der Waals surface area (Å²) in [6.45, 7) is 9.87. The van der Waals surface area contributed by atoms with E-state index >= 15 is 0 Å². The highest BCUT2D eigenvalue weighted by Gasteiger charge is 2.26. The van der Waals surface area contributed by atoms with E-state index in [9.17, 15) is 0 Å². The van der Waals surface area contributed by atoms with Crippen molar-refractivity contribution < 1.29 is 0 Å². The Bertz CT molecular complexity index is 235. The molecule has 0 aromatic heterocycles. The first-order valence-electron chi connectivity index (χ1n) is 8.75. The molecular formula is C17H34N2. The lowest BCUT2D eigenvalue weighted by Crippen LogP contribution is -2.48. The molecule has 2 aliphatic rings. The van der Waals surface area contributed by atoms with E-state index in [1.807, 2.05) is 0 Å². The summed E-state index contributed by atoms with van der Waals surface area (Å²) in [5, 5.41) is 3.86. The van der Waals surface area contributed by atoms with Crippen molar-refractivity contribution in [1.29, 1.82) is 0 Å². The lowest BCUT2D eigenvalue weighted by atomic mass is 9.83. The van der Waals surface area contributed by atoms with E-state index in [4.69, 9.17) is 0 Å². The SMILES string of the molecule is CCCNC(CN1CCCC(C)C1)C1CCCCC1. The Labute approximate surface area is 120 Å². The number of likely N-dealkylation sites (tertiary alicyclic amines) is 1. The molecule has 1 saturated carbocycles. The Kier molecular flexibility index (Phi) is 6.66. The molecule has 2 rings (SSSR count). The molecule has 2 unspecified atom stereocenters. The van der Waals surface area contributed by atoms with Gasteiger partial charge in [-0.3, -0.25) is 0 Å². The van der Waals surface area contributed by atoms with Gasteiger partial charge in [0, 0.05) is 19.1 Å². The maximum Gasteiger partial charge on any atom is 0.0223 e. The predicted molar refractivity (Wildman–Crippen MR) is 83.5 cm³/mol. The molecule has 1 saturated heterocycles. The summed E-state index contributed by atoms with van der Waals surface area (Å²) in [4.78, 5) is 2.73. The first kappa shape index (κ1) is 15.3. The lowest BCUT2D eigenvalue weighted by molar-refractivity contribution is 0.138. The van der Waals surface area contributed by atoms with Crippen molar-refractivity contribution in [3.8, 4) is 0 Å². The van der Waals surface area contributed by atoms with Gasteiger partial charge in [0.1, 0.15) is 0 Å². The molecule has 0 radical (unpaired) electrons. The van der Waals surface area contributed by atoms with Gasteiger partial charge >= 0.3 is 0 Å².